The molecular formula is C21H30N6O2. The van der Waals surface area contributed by atoms with E-state index in [-0.39, 0.29) is 6.54 Å². The van der Waals surface area contributed by atoms with Crippen molar-refractivity contribution in [2.45, 2.75) is 46.1 Å². The highest BCUT2D eigenvalue weighted by Crippen LogP contribution is 2.27. The fourth-order valence-corrected chi connectivity index (χ4v) is 3.34. The molecule has 3 aromatic rings. The van der Waals surface area contributed by atoms with Gasteiger partial charge in [0.05, 0.1) is 6.54 Å². The quantitative estimate of drug-likeness (QED) is 0.306. The van der Waals surface area contributed by atoms with Crippen molar-refractivity contribution in [3.8, 4) is 0 Å². The molecular weight excluding hydrogens is 368 g/mol. The van der Waals surface area contributed by atoms with Crippen LogP contribution in [-0.2, 0) is 12.0 Å². The van der Waals surface area contributed by atoms with E-state index < -0.39 is 5.60 Å². The number of aryl methyl sites for hydroxylation is 3. The minimum atomic E-state index is -1.09. The van der Waals surface area contributed by atoms with Crippen LogP contribution < -0.4 is 10.6 Å². The number of guanidine groups is 1. The van der Waals surface area contributed by atoms with Crippen LogP contribution in [0.1, 0.15) is 43.2 Å². The maximum Gasteiger partial charge on any atom is 0.191 e. The largest absolute Gasteiger partial charge is 0.466 e. The first-order valence-electron chi connectivity index (χ1n) is 10.0. The monoisotopic (exact) mass is 398 g/mol. The minimum Gasteiger partial charge on any atom is -0.466 e. The van der Waals surface area contributed by atoms with Crippen molar-refractivity contribution in [1.29, 1.82) is 0 Å². The fourth-order valence-electron chi connectivity index (χ4n) is 3.34. The molecule has 8 nitrogen and oxygen atoms in total. The van der Waals surface area contributed by atoms with E-state index in [2.05, 4.69) is 25.8 Å². The Hall–Kier alpha value is -2.87. The van der Waals surface area contributed by atoms with Crippen LogP contribution >= 0.6 is 0 Å². The van der Waals surface area contributed by atoms with Gasteiger partial charge >= 0.3 is 0 Å². The highest BCUT2D eigenvalue weighted by molar-refractivity contribution is 5.79. The van der Waals surface area contributed by atoms with Gasteiger partial charge in [0, 0.05) is 31.3 Å². The topological polar surface area (TPSA) is 100.0 Å². The van der Waals surface area contributed by atoms with Crippen molar-refractivity contribution in [2.24, 2.45) is 4.99 Å². The Morgan fingerprint density at radius 3 is 2.83 bits per heavy atom. The second-order valence-corrected chi connectivity index (χ2v) is 7.37. The third-order valence-electron chi connectivity index (χ3n) is 4.76. The van der Waals surface area contributed by atoms with E-state index in [0.717, 1.165) is 54.5 Å². The van der Waals surface area contributed by atoms with Crippen LogP contribution in [0, 0.1) is 13.8 Å². The molecule has 0 aliphatic rings. The lowest BCUT2D eigenvalue weighted by atomic mass is 9.96. The summed E-state index contributed by atoms with van der Waals surface area (Å²) in [5.74, 6) is 3.13. The van der Waals surface area contributed by atoms with Gasteiger partial charge in [-0.25, -0.2) is 4.99 Å². The second kappa shape index (κ2) is 9.09. The van der Waals surface area contributed by atoms with Crippen molar-refractivity contribution in [1.82, 2.24) is 25.2 Å². The first-order valence-corrected chi connectivity index (χ1v) is 10.0. The third kappa shape index (κ3) is 5.14. The molecule has 0 bridgehead atoms. The Labute approximate surface area is 171 Å². The van der Waals surface area contributed by atoms with Gasteiger partial charge in [0.2, 0.25) is 0 Å². The molecule has 1 unspecified atom stereocenters. The van der Waals surface area contributed by atoms with Gasteiger partial charge in [0.25, 0.3) is 0 Å². The van der Waals surface area contributed by atoms with E-state index in [4.69, 9.17) is 4.42 Å². The Morgan fingerprint density at radius 1 is 1.28 bits per heavy atom. The minimum absolute atomic E-state index is 0.233. The summed E-state index contributed by atoms with van der Waals surface area (Å²) in [6.45, 7) is 9.22. The van der Waals surface area contributed by atoms with Crippen LogP contribution in [0.5, 0.6) is 0 Å². The molecule has 8 heteroatoms. The third-order valence-corrected chi connectivity index (χ3v) is 4.76. The van der Waals surface area contributed by atoms with E-state index >= 15 is 0 Å². The first-order chi connectivity index (χ1) is 13.9. The molecule has 0 aromatic carbocycles. The number of aliphatic imine (C=N–C) groups is 1. The number of pyridine rings is 1. The lowest BCUT2D eigenvalue weighted by molar-refractivity contribution is 0.0657. The van der Waals surface area contributed by atoms with Crippen LogP contribution in [0.25, 0.3) is 5.65 Å². The fraction of sp³-hybridized carbons (Fsp3) is 0.476. The molecule has 0 aliphatic heterocycles. The van der Waals surface area contributed by atoms with Crippen LogP contribution in [-0.4, -0.2) is 45.3 Å². The molecule has 0 spiro atoms. The predicted molar refractivity (Wildman–Crippen MR) is 113 cm³/mol. The van der Waals surface area contributed by atoms with E-state index in [1.807, 2.05) is 55.6 Å². The number of nitrogens with one attached hydrogen (secondary N) is 2. The zero-order valence-corrected chi connectivity index (χ0v) is 17.6. The second-order valence-electron chi connectivity index (χ2n) is 7.37. The van der Waals surface area contributed by atoms with Crippen LogP contribution in [0.2, 0.25) is 0 Å². The van der Waals surface area contributed by atoms with Gasteiger partial charge in [-0.3, -0.25) is 4.40 Å². The number of furan rings is 1. The van der Waals surface area contributed by atoms with Crippen LogP contribution in [0.15, 0.2) is 39.9 Å². The lowest BCUT2D eigenvalue weighted by Crippen LogP contribution is -2.39. The maximum absolute atomic E-state index is 10.9. The van der Waals surface area contributed by atoms with Crippen molar-refractivity contribution in [3.63, 3.8) is 0 Å². The normalized spacial score (nSPS) is 14.2. The number of rotatable bonds is 8. The van der Waals surface area contributed by atoms with Gasteiger partial charge < -0.3 is 20.2 Å². The molecule has 0 saturated heterocycles. The summed E-state index contributed by atoms with van der Waals surface area (Å²) < 4.78 is 7.55. The summed E-state index contributed by atoms with van der Waals surface area (Å²) >= 11 is 0. The highest BCUT2D eigenvalue weighted by Gasteiger charge is 2.27. The molecule has 3 heterocycles. The Balaban J connectivity index is 1.56. The molecule has 29 heavy (non-hydrogen) atoms. The maximum atomic E-state index is 10.9. The smallest absolute Gasteiger partial charge is 0.191 e. The van der Waals surface area contributed by atoms with Crippen molar-refractivity contribution in [2.75, 3.05) is 19.6 Å². The lowest BCUT2D eigenvalue weighted by Gasteiger charge is -2.21. The van der Waals surface area contributed by atoms with E-state index in [1.54, 1.807) is 6.92 Å². The average molecular weight is 399 g/mol. The summed E-state index contributed by atoms with van der Waals surface area (Å²) in [5, 5.41) is 25.8. The van der Waals surface area contributed by atoms with Crippen molar-refractivity contribution in [3.05, 3.63) is 53.4 Å². The molecule has 0 aliphatic carbocycles. The molecule has 3 rings (SSSR count). The van der Waals surface area contributed by atoms with Gasteiger partial charge in [-0.15, -0.1) is 10.2 Å². The Morgan fingerprint density at radius 2 is 2.10 bits per heavy atom. The van der Waals surface area contributed by atoms with Crippen LogP contribution in [0.4, 0.5) is 0 Å². The average Bonchev–Trinajstić information content (AvgIpc) is 3.26. The van der Waals surface area contributed by atoms with Gasteiger partial charge in [0.1, 0.15) is 22.9 Å². The van der Waals surface area contributed by atoms with Gasteiger partial charge in [0.15, 0.2) is 11.6 Å². The summed E-state index contributed by atoms with van der Waals surface area (Å²) in [6, 6.07) is 7.74. The SMILES string of the molecule is CCNC(=NCC(C)(O)c1cc(C)oc1C)NCCCc1nnc2ccccn12. The zero-order valence-electron chi connectivity index (χ0n) is 17.6. The first kappa shape index (κ1) is 20.9. The zero-order chi connectivity index (χ0) is 20.9. The van der Waals surface area contributed by atoms with Crippen molar-refractivity contribution >= 4 is 11.6 Å². The number of nitrogens with zero attached hydrogens (tertiary/aromatic N) is 4. The number of fused-ring (bicyclic) bond motifs is 1. The number of aliphatic hydroxyl groups is 1. The molecule has 0 amide bonds. The van der Waals surface area contributed by atoms with Gasteiger partial charge in [-0.1, -0.05) is 6.07 Å². The molecule has 156 valence electrons. The molecule has 0 saturated carbocycles. The number of aromatic nitrogens is 3. The van der Waals surface area contributed by atoms with Crippen molar-refractivity contribution < 1.29 is 9.52 Å². The molecule has 3 aromatic heterocycles. The standard InChI is InChI=1S/C21H30N6O2/c1-5-22-20(24-14-21(4,28)17-13-15(2)29-16(17)3)23-11-8-10-19-26-25-18-9-6-7-12-27(18)19/h6-7,9,12-13,28H,5,8,10-11,14H2,1-4H3,(H2,22,23,24). The molecule has 0 radical (unpaired) electrons. The summed E-state index contributed by atoms with van der Waals surface area (Å²) in [7, 11) is 0. The van der Waals surface area contributed by atoms with Gasteiger partial charge in [-0.2, -0.15) is 0 Å². The number of hydrogen-bond donors (Lipinski definition) is 3. The van der Waals surface area contributed by atoms with E-state index in [9.17, 15) is 5.11 Å². The van der Waals surface area contributed by atoms with Crippen LogP contribution in [0.3, 0.4) is 0 Å². The molecule has 3 N–H and O–H groups in total. The van der Waals surface area contributed by atoms with Gasteiger partial charge in [-0.05, 0) is 52.3 Å². The summed E-state index contributed by atoms with van der Waals surface area (Å²) in [6.07, 6.45) is 3.67. The summed E-state index contributed by atoms with van der Waals surface area (Å²) in [5.41, 5.74) is 0.538. The molecule has 1 atom stereocenters. The Kier molecular flexibility index (Phi) is 6.53. The highest BCUT2D eigenvalue weighted by atomic mass is 16.3. The number of hydrogen-bond acceptors (Lipinski definition) is 5. The molecule has 0 fully saturated rings. The van der Waals surface area contributed by atoms with E-state index in [0.29, 0.717) is 5.96 Å². The Bertz CT molecular complexity index is 973. The van der Waals surface area contributed by atoms with E-state index in [1.165, 1.54) is 0 Å². The predicted octanol–water partition coefficient (Wildman–Crippen LogP) is 2.33. The summed E-state index contributed by atoms with van der Waals surface area (Å²) in [4.78, 5) is 4.57.